The highest BCUT2D eigenvalue weighted by atomic mass is 16.5. The van der Waals surface area contributed by atoms with E-state index in [0.717, 1.165) is 12.0 Å². The molecule has 106 valence electrons. The molecule has 0 spiro atoms. The Bertz CT molecular complexity index is 660. The SMILES string of the molecule is COCCCn1cc2ccc(=O)cc-2c(C(=O)O)c1C. The van der Waals surface area contributed by atoms with Crippen LogP contribution in [-0.2, 0) is 11.3 Å². The molecule has 0 aromatic heterocycles. The van der Waals surface area contributed by atoms with Gasteiger partial charge in [-0.05, 0) is 37.1 Å². The molecular weight excluding hydrogens is 258 g/mol. The standard InChI is InChI=1S/C15H17NO4/c1-10-14(15(18)19)13-8-12(17)5-4-11(13)9-16(10)6-3-7-20-2/h4-5,8-9H,3,6-7H2,1-2H3,(H,18,19). The summed E-state index contributed by atoms with van der Waals surface area (Å²) >= 11 is 0. The molecule has 0 amide bonds. The van der Waals surface area contributed by atoms with Crippen molar-refractivity contribution < 1.29 is 14.6 Å². The molecule has 0 aromatic rings. The number of aromatic nitrogens is 1. The van der Waals surface area contributed by atoms with Crippen molar-refractivity contribution in [1.82, 2.24) is 4.57 Å². The van der Waals surface area contributed by atoms with E-state index in [2.05, 4.69) is 0 Å². The maximum atomic E-state index is 11.5. The molecule has 0 fully saturated rings. The van der Waals surface area contributed by atoms with E-state index < -0.39 is 5.97 Å². The van der Waals surface area contributed by atoms with Gasteiger partial charge in [0.05, 0.1) is 5.56 Å². The Morgan fingerprint density at radius 1 is 1.40 bits per heavy atom. The third kappa shape index (κ3) is 2.72. The maximum absolute atomic E-state index is 11.5. The smallest absolute Gasteiger partial charge is 0.338 e. The number of fused-ring (bicyclic) bond motifs is 1. The first-order valence-corrected chi connectivity index (χ1v) is 6.40. The zero-order chi connectivity index (χ0) is 14.7. The van der Waals surface area contributed by atoms with Gasteiger partial charge in [-0.1, -0.05) is 0 Å². The van der Waals surface area contributed by atoms with Gasteiger partial charge in [-0.3, -0.25) is 4.79 Å². The molecule has 1 aliphatic carbocycles. The van der Waals surface area contributed by atoms with Crippen molar-refractivity contribution in [1.29, 1.82) is 0 Å². The lowest BCUT2D eigenvalue weighted by atomic mass is 9.97. The van der Waals surface area contributed by atoms with Crippen molar-refractivity contribution in [3.63, 3.8) is 0 Å². The molecule has 0 atom stereocenters. The van der Waals surface area contributed by atoms with Crippen LogP contribution in [0, 0.1) is 6.92 Å². The van der Waals surface area contributed by atoms with Crippen LogP contribution in [0.4, 0.5) is 0 Å². The number of aromatic carboxylic acids is 1. The van der Waals surface area contributed by atoms with Crippen LogP contribution in [0.1, 0.15) is 22.5 Å². The number of hydrogen-bond acceptors (Lipinski definition) is 3. The summed E-state index contributed by atoms with van der Waals surface area (Å²) < 4.78 is 6.91. The highest BCUT2D eigenvalue weighted by molar-refractivity contribution is 5.97. The van der Waals surface area contributed by atoms with Gasteiger partial charge in [-0.2, -0.15) is 0 Å². The van der Waals surface area contributed by atoms with Crippen LogP contribution in [-0.4, -0.2) is 29.4 Å². The second-order valence-electron chi connectivity index (χ2n) is 4.68. The van der Waals surface area contributed by atoms with Crippen molar-refractivity contribution in [3.8, 4) is 11.1 Å². The summed E-state index contributed by atoms with van der Waals surface area (Å²) in [4.78, 5) is 22.9. The number of carboxylic acids is 1. The Hall–Kier alpha value is -2.14. The minimum Gasteiger partial charge on any atom is -0.478 e. The molecule has 0 aromatic carbocycles. The van der Waals surface area contributed by atoms with E-state index in [9.17, 15) is 14.7 Å². The molecule has 2 aliphatic rings. The lowest BCUT2D eigenvalue weighted by Gasteiger charge is -2.18. The number of carbonyl (C=O) groups is 1. The first-order valence-electron chi connectivity index (χ1n) is 6.40. The molecule has 20 heavy (non-hydrogen) atoms. The van der Waals surface area contributed by atoms with Gasteiger partial charge in [0, 0.05) is 37.7 Å². The van der Waals surface area contributed by atoms with Crippen LogP contribution in [0.15, 0.2) is 29.2 Å². The van der Waals surface area contributed by atoms with Gasteiger partial charge in [0.1, 0.15) is 0 Å². The van der Waals surface area contributed by atoms with E-state index in [1.807, 2.05) is 10.8 Å². The summed E-state index contributed by atoms with van der Waals surface area (Å²) in [5.41, 5.74) is 1.90. The molecule has 0 bridgehead atoms. The first-order chi connectivity index (χ1) is 9.54. The van der Waals surface area contributed by atoms with E-state index in [1.165, 1.54) is 12.1 Å². The van der Waals surface area contributed by atoms with Crippen LogP contribution >= 0.6 is 0 Å². The second-order valence-corrected chi connectivity index (χ2v) is 4.68. The molecule has 1 heterocycles. The van der Waals surface area contributed by atoms with Crippen molar-refractivity contribution in [2.24, 2.45) is 0 Å². The van der Waals surface area contributed by atoms with Gasteiger partial charge >= 0.3 is 5.97 Å². The molecule has 1 N–H and O–H groups in total. The van der Waals surface area contributed by atoms with Crippen LogP contribution < -0.4 is 5.43 Å². The quantitative estimate of drug-likeness (QED) is 0.847. The summed E-state index contributed by atoms with van der Waals surface area (Å²) in [7, 11) is 1.64. The Balaban J connectivity index is 2.58. The summed E-state index contributed by atoms with van der Waals surface area (Å²) in [6.07, 6.45) is 2.68. The minimum absolute atomic E-state index is 0.184. The number of pyridine rings is 1. The van der Waals surface area contributed by atoms with Crippen molar-refractivity contribution in [3.05, 3.63) is 45.9 Å². The monoisotopic (exact) mass is 275 g/mol. The molecule has 0 unspecified atom stereocenters. The first kappa shape index (κ1) is 14.3. The largest absolute Gasteiger partial charge is 0.478 e. The highest BCUT2D eigenvalue weighted by Crippen LogP contribution is 2.27. The van der Waals surface area contributed by atoms with Gasteiger partial charge < -0.3 is 14.4 Å². The number of carboxylic acid groups (broad SMARTS) is 1. The van der Waals surface area contributed by atoms with Gasteiger partial charge in [0.25, 0.3) is 0 Å². The Kier molecular flexibility index (Phi) is 4.20. The Labute approximate surface area is 116 Å². The Morgan fingerprint density at radius 3 is 2.80 bits per heavy atom. The number of rotatable bonds is 5. The van der Waals surface area contributed by atoms with Crippen LogP contribution in [0.3, 0.4) is 0 Å². The number of nitrogens with zero attached hydrogens (tertiary/aromatic N) is 1. The van der Waals surface area contributed by atoms with Crippen LogP contribution in [0.5, 0.6) is 0 Å². The fourth-order valence-electron chi connectivity index (χ4n) is 2.35. The fourth-order valence-corrected chi connectivity index (χ4v) is 2.35. The maximum Gasteiger partial charge on any atom is 0.338 e. The normalized spacial score (nSPS) is 10.9. The van der Waals surface area contributed by atoms with Crippen LogP contribution in [0.2, 0.25) is 0 Å². The van der Waals surface area contributed by atoms with E-state index in [1.54, 1.807) is 20.1 Å². The van der Waals surface area contributed by atoms with E-state index in [0.29, 0.717) is 24.4 Å². The van der Waals surface area contributed by atoms with Crippen molar-refractivity contribution >= 4 is 5.97 Å². The number of methoxy groups -OCH3 is 1. The molecule has 0 saturated carbocycles. The van der Waals surface area contributed by atoms with Gasteiger partial charge in [0.2, 0.25) is 0 Å². The predicted octanol–water partition coefficient (Wildman–Crippen LogP) is 2.00. The molecule has 5 nitrogen and oxygen atoms in total. The molecular formula is C15H17NO4. The molecule has 5 heteroatoms. The zero-order valence-electron chi connectivity index (χ0n) is 11.5. The third-order valence-corrected chi connectivity index (χ3v) is 3.34. The number of ether oxygens (including phenoxy) is 1. The zero-order valence-corrected chi connectivity index (χ0v) is 11.5. The number of aryl methyl sites for hydroxylation is 1. The summed E-state index contributed by atoms with van der Waals surface area (Å²) in [5.74, 6) is -1.01. The average molecular weight is 275 g/mol. The lowest BCUT2D eigenvalue weighted by Crippen LogP contribution is -2.15. The van der Waals surface area contributed by atoms with Crippen molar-refractivity contribution in [2.75, 3.05) is 13.7 Å². The van der Waals surface area contributed by atoms with E-state index in [-0.39, 0.29) is 11.0 Å². The minimum atomic E-state index is -1.01. The molecule has 2 rings (SSSR count). The summed E-state index contributed by atoms with van der Waals surface area (Å²) in [6.45, 7) is 3.05. The second kappa shape index (κ2) is 5.88. The number of hydrogen-bond donors (Lipinski definition) is 1. The number of benzene rings is 1. The average Bonchev–Trinajstić information content (AvgIpc) is 2.39. The molecule has 1 aliphatic heterocycles. The highest BCUT2D eigenvalue weighted by Gasteiger charge is 2.19. The fraction of sp³-hybridized carbons (Fsp3) is 0.333. The van der Waals surface area contributed by atoms with Crippen LogP contribution in [0.25, 0.3) is 11.1 Å². The molecule has 0 radical (unpaired) electrons. The van der Waals surface area contributed by atoms with Gasteiger partial charge in [-0.25, -0.2) is 4.79 Å². The summed E-state index contributed by atoms with van der Waals surface area (Å²) in [5, 5.41) is 9.41. The van der Waals surface area contributed by atoms with Crippen molar-refractivity contribution in [2.45, 2.75) is 19.9 Å². The molecule has 0 saturated heterocycles. The summed E-state index contributed by atoms with van der Waals surface area (Å²) in [6, 6.07) is 4.49. The lowest BCUT2D eigenvalue weighted by molar-refractivity contribution is 0.0695. The topological polar surface area (TPSA) is 68.5 Å². The van der Waals surface area contributed by atoms with Gasteiger partial charge in [0.15, 0.2) is 5.43 Å². The predicted molar refractivity (Wildman–Crippen MR) is 75.5 cm³/mol. The van der Waals surface area contributed by atoms with E-state index in [4.69, 9.17) is 4.74 Å². The Morgan fingerprint density at radius 2 is 2.15 bits per heavy atom. The third-order valence-electron chi connectivity index (χ3n) is 3.34. The van der Waals surface area contributed by atoms with Gasteiger partial charge in [-0.15, -0.1) is 0 Å². The van der Waals surface area contributed by atoms with E-state index >= 15 is 0 Å².